The first-order chi connectivity index (χ1) is 10.7. The van der Waals surface area contributed by atoms with Crippen LogP contribution in [0, 0.1) is 0 Å². The molecule has 5 heteroatoms. The molecule has 22 heavy (non-hydrogen) atoms. The standard InChI is InChI=1S/C17H16ClNO2S/c18-12-5-7-13(8-6-12)22-11-17(20)19-15-9-10-21-16-4-2-1-3-14(15)16/h1-8,15H,9-11H2,(H,19,20). The van der Waals surface area contributed by atoms with Crippen LogP contribution in [0.2, 0.25) is 5.02 Å². The lowest BCUT2D eigenvalue weighted by molar-refractivity contribution is -0.119. The topological polar surface area (TPSA) is 38.3 Å². The van der Waals surface area contributed by atoms with E-state index in [1.54, 1.807) is 0 Å². The monoisotopic (exact) mass is 333 g/mol. The average Bonchev–Trinajstić information content (AvgIpc) is 2.55. The van der Waals surface area contributed by atoms with Crippen molar-refractivity contribution in [1.29, 1.82) is 0 Å². The van der Waals surface area contributed by atoms with Crippen LogP contribution in [0.1, 0.15) is 18.0 Å². The quantitative estimate of drug-likeness (QED) is 0.857. The Bertz CT molecular complexity index is 660. The summed E-state index contributed by atoms with van der Waals surface area (Å²) in [6.07, 6.45) is 0.800. The molecule has 0 saturated carbocycles. The molecule has 1 N–H and O–H groups in total. The zero-order valence-electron chi connectivity index (χ0n) is 11.9. The minimum atomic E-state index is 0.0293. The summed E-state index contributed by atoms with van der Waals surface area (Å²) in [5.74, 6) is 1.28. The number of carbonyl (C=O) groups is 1. The van der Waals surface area contributed by atoms with Crippen molar-refractivity contribution in [2.45, 2.75) is 17.4 Å². The third kappa shape index (κ3) is 3.76. The number of thioether (sulfide) groups is 1. The van der Waals surface area contributed by atoms with E-state index in [1.807, 2.05) is 48.5 Å². The molecule has 1 aliphatic rings. The van der Waals surface area contributed by atoms with Crippen LogP contribution in [0.3, 0.4) is 0 Å². The van der Waals surface area contributed by atoms with Crippen LogP contribution in [0.4, 0.5) is 0 Å². The number of fused-ring (bicyclic) bond motifs is 1. The highest BCUT2D eigenvalue weighted by Gasteiger charge is 2.22. The Labute approximate surface area is 139 Å². The molecule has 0 aromatic heterocycles. The van der Waals surface area contributed by atoms with Crippen LogP contribution in [0.15, 0.2) is 53.4 Å². The van der Waals surface area contributed by atoms with Crippen molar-refractivity contribution in [3.05, 3.63) is 59.1 Å². The molecule has 3 rings (SSSR count). The van der Waals surface area contributed by atoms with Gasteiger partial charge in [0.1, 0.15) is 5.75 Å². The molecule has 2 aromatic rings. The van der Waals surface area contributed by atoms with Crippen LogP contribution in [0.5, 0.6) is 5.75 Å². The molecular formula is C17H16ClNO2S. The summed E-state index contributed by atoms with van der Waals surface area (Å²) >= 11 is 7.36. The summed E-state index contributed by atoms with van der Waals surface area (Å²) in [5, 5.41) is 3.79. The second-order valence-electron chi connectivity index (χ2n) is 5.04. The van der Waals surface area contributed by atoms with E-state index in [9.17, 15) is 4.79 Å². The first-order valence-electron chi connectivity index (χ1n) is 7.12. The van der Waals surface area contributed by atoms with Crippen molar-refractivity contribution in [1.82, 2.24) is 5.32 Å². The Morgan fingerprint density at radius 1 is 1.23 bits per heavy atom. The molecular weight excluding hydrogens is 318 g/mol. The Balaban J connectivity index is 1.57. The van der Waals surface area contributed by atoms with Gasteiger partial charge in [-0.3, -0.25) is 4.79 Å². The van der Waals surface area contributed by atoms with E-state index >= 15 is 0 Å². The van der Waals surface area contributed by atoms with Gasteiger partial charge in [-0.1, -0.05) is 29.8 Å². The largest absolute Gasteiger partial charge is 0.493 e. The summed E-state index contributed by atoms with van der Waals surface area (Å²) < 4.78 is 5.61. The van der Waals surface area contributed by atoms with Gasteiger partial charge in [0.2, 0.25) is 5.91 Å². The molecule has 1 atom stereocenters. The van der Waals surface area contributed by atoms with Gasteiger partial charge in [0, 0.05) is 21.9 Å². The molecule has 0 fully saturated rings. The van der Waals surface area contributed by atoms with Gasteiger partial charge in [-0.25, -0.2) is 0 Å². The maximum atomic E-state index is 12.2. The zero-order valence-corrected chi connectivity index (χ0v) is 13.5. The van der Waals surface area contributed by atoms with Crippen LogP contribution < -0.4 is 10.1 Å². The van der Waals surface area contributed by atoms with Crippen molar-refractivity contribution in [2.75, 3.05) is 12.4 Å². The van der Waals surface area contributed by atoms with Gasteiger partial charge in [0.05, 0.1) is 18.4 Å². The summed E-state index contributed by atoms with van der Waals surface area (Å²) in [5.41, 5.74) is 1.05. The second-order valence-corrected chi connectivity index (χ2v) is 6.52. The lowest BCUT2D eigenvalue weighted by Gasteiger charge is -2.26. The minimum absolute atomic E-state index is 0.0293. The van der Waals surface area contributed by atoms with Gasteiger partial charge >= 0.3 is 0 Å². The number of halogens is 1. The van der Waals surface area contributed by atoms with E-state index in [-0.39, 0.29) is 11.9 Å². The molecule has 0 radical (unpaired) electrons. The minimum Gasteiger partial charge on any atom is -0.493 e. The van der Waals surface area contributed by atoms with Crippen molar-refractivity contribution in [3.63, 3.8) is 0 Å². The fourth-order valence-corrected chi connectivity index (χ4v) is 3.24. The van der Waals surface area contributed by atoms with Crippen molar-refractivity contribution >= 4 is 29.3 Å². The Kier molecular flexibility index (Phi) is 4.90. The Hall–Kier alpha value is -1.65. The van der Waals surface area contributed by atoms with Crippen molar-refractivity contribution in [2.24, 2.45) is 0 Å². The molecule has 1 unspecified atom stereocenters. The number of hydrogen-bond acceptors (Lipinski definition) is 3. The zero-order chi connectivity index (χ0) is 15.4. The normalized spacial score (nSPS) is 16.5. The number of hydrogen-bond donors (Lipinski definition) is 1. The number of rotatable bonds is 4. The Morgan fingerprint density at radius 2 is 2.00 bits per heavy atom. The number of ether oxygens (including phenoxy) is 1. The first-order valence-corrected chi connectivity index (χ1v) is 8.48. The first kappa shape index (κ1) is 15.3. The number of benzene rings is 2. The lowest BCUT2D eigenvalue weighted by Crippen LogP contribution is -2.33. The predicted octanol–water partition coefficient (Wildman–Crippen LogP) is 4.07. The average molecular weight is 334 g/mol. The highest BCUT2D eigenvalue weighted by molar-refractivity contribution is 8.00. The van der Waals surface area contributed by atoms with Crippen molar-refractivity contribution < 1.29 is 9.53 Å². The highest BCUT2D eigenvalue weighted by atomic mass is 35.5. The molecule has 0 spiro atoms. The molecule has 0 saturated heterocycles. The van der Waals surface area contributed by atoms with Crippen LogP contribution in [-0.2, 0) is 4.79 Å². The fraction of sp³-hybridized carbons (Fsp3) is 0.235. The van der Waals surface area contributed by atoms with Gasteiger partial charge in [-0.15, -0.1) is 11.8 Å². The summed E-state index contributed by atoms with van der Waals surface area (Å²) in [6, 6.07) is 15.4. The van der Waals surface area contributed by atoms with E-state index in [2.05, 4.69) is 5.32 Å². The maximum Gasteiger partial charge on any atom is 0.230 e. The maximum absolute atomic E-state index is 12.2. The SMILES string of the molecule is O=C(CSc1ccc(Cl)cc1)NC1CCOc2ccccc21. The number of para-hydroxylation sites is 1. The van der Waals surface area contributed by atoms with Gasteiger partial charge in [0.15, 0.2) is 0 Å². The van der Waals surface area contributed by atoms with Crippen molar-refractivity contribution in [3.8, 4) is 5.75 Å². The van der Waals surface area contributed by atoms with Crippen LogP contribution in [-0.4, -0.2) is 18.3 Å². The van der Waals surface area contributed by atoms with E-state index in [0.29, 0.717) is 17.4 Å². The number of amides is 1. The number of carbonyl (C=O) groups excluding carboxylic acids is 1. The molecule has 114 valence electrons. The van der Waals surface area contributed by atoms with E-state index < -0.39 is 0 Å². The van der Waals surface area contributed by atoms with E-state index in [1.165, 1.54) is 11.8 Å². The molecule has 2 aromatic carbocycles. The fourth-order valence-electron chi connectivity index (χ4n) is 2.41. The summed E-state index contributed by atoms with van der Waals surface area (Å²) in [4.78, 5) is 13.2. The van der Waals surface area contributed by atoms with Gasteiger partial charge in [-0.2, -0.15) is 0 Å². The third-order valence-electron chi connectivity index (χ3n) is 3.48. The lowest BCUT2D eigenvalue weighted by atomic mass is 10.0. The molecule has 1 amide bonds. The third-order valence-corrected chi connectivity index (χ3v) is 4.74. The molecule has 1 aliphatic heterocycles. The molecule has 1 heterocycles. The molecule has 0 aliphatic carbocycles. The summed E-state index contributed by atoms with van der Waals surface area (Å²) in [6.45, 7) is 0.631. The predicted molar refractivity (Wildman–Crippen MR) is 89.6 cm³/mol. The smallest absolute Gasteiger partial charge is 0.230 e. The second kappa shape index (κ2) is 7.07. The van der Waals surface area contributed by atoms with Gasteiger partial charge in [0.25, 0.3) is 0 Å². The molecule has 3 nitrogen and oxygen atoms in total. The van der Waals surface area contributed by atoms with Crippen LogP contribution >= 0.6 is 23.4 Å². The van der Waals surface area contributed by atoms with Gasteiger partial charge in [-0.05, 0) is 30.3 Å². The Morgan fingerprint density at radius 3 is 2.82 bits per heavy atom. The van der Waals surface area contributed by atoms with E-state index in [4.69, 9.17) is 16.3 Å². The number of nitrogens with one attached hydrogen (secondary N) is 1. The van der Waals surface area contributed by atoms with Gasteiger partial charge < -0.3 is 10.1 Å². The highest BCUT2D eigenvalue weighted by Crippen LogP contribution is 2.31. The van der Waals surface area contributed by atoms with Crippen LogP contribution in [0.25, 0.3) is 0 Å². The van der Waals surface area contributed by atoms with E-state index in [0.717, 1.165) is 22.6 Å². The summed E-state index contributed by atoms with van der Waals surface area (Å²) in [7, 11) is 0. The molecule has 0 bridgehead atoms.